The molecule has 0 aliphatic carbocycles. The predicted molar refractivity (Wildman–Crippen MR) is 54.5 cm³/mol. The van der Waals surface area contributed by atoms with Crippen molar-refractivity contribution in [1.82, 2.24) is 0 Å². The quantitative estimate of drug-likeness (QED) is 0.418. The van der Waals surface area contributed by atoms with Crippen LogP contribution >= 0.6 is 0 Å². The van der Waals surface area contributed by atoms with Crippen LogP contribution < -0.4 is 0 Å². The Labute approximate surface area is 98.1 Å². The van der Waals surface area contributed by atoms with Gasteiger partial charge in [-0.05, 0) is 6.08 Å². The van der Waals surface area contributed by atoms with E-state index in [0.717, 1.165) is 0 Å². The maximum absolute atomic E-state index is 9.55. The summed E-state index contributed by atoms with van der Waals surface area (Å²) in [6.45, 7) is -0.491. The van der Waals surface area contributed by atoms with Gasteiger partial charge in [-0.3, -0.25) is 0 Å². The van der Waals surface area contributed by atoms with Crippen LogP contribution in [0.5, 0.6) is 0 Å². The highest BCUT2D eigenvalue weighted by molar-refractivity contribution is 5.01. The van der Waals surface area contributed by atoms with E-state index in [-0.39, 0.29) is 6.61 Å². The number of rotatable bonds is 4. The number of hydrogen-bond donors (Lipinski definition) is 4. The van der Waals surface area contributed by atoms with E-state index >= 15 is 0 Å². The van der Waals surface area contributed by atoms with Crippen LogP contribution in [-0.4, -0.2) is 64.3 Å². The molecule has 17 heavy (non-hydrogen) atoms. The summed E-state index contributed by atoms with van der Waals surface area (Å²) < 4.78 is 10.1. The van der Waals surface area contributed by atoms with Crippen LogP contribution in [0.15, 0.2) is 12.2 Å². The first kappa shape index (κ1) is 14.1. The number of ether oxygens (including phenoxy) is 2. The highest BCUT2D eigenvalue weighted by atomic mass is 16.7. The maximum Gasteiger partial charge on any atom is 0.187 e. The number of hydrogen-bond acceptors (Lipinski definition) is 7. The zero-order valence-corrected chi connectivity index (χ0v) is 9.01. The van der Waals surface area contributed by atoms with Crippen LogP contribution in [0.1, 0.15) is 0 Å². The zero-order valence-electron chi connectivity index (χ0n) is 9.01. The minimum Gasteiger partial charge on any atom is -0.394 e. The molecule has 4 N–H and O–H groups in total. The summed E-state index contributed by atoms with van der Waals surface area (Å²) >= 11 is 0. The molecule has 0 unspecified atom stereocenters. The van der Waals surface area contributed by atoms with Gasteiger partial charge in [0.1, 0.15) is 24.4 Å². The molecule has 7 heteroatoms. The van der Waals surface area contributed by atoms with Gasteiger partial charge < -0.3 is 29.9 Å². The molecule has 0 bridgehead atoms. The van der Waals surface area contributed by atoms with Crippen LogP contribution in [0, 0.1) is 11.3 Å². The molecule has 0 spiro atoms. The summed E-state index contributed by atoms with van der Waals surface area (Å²) in [5.41, 5.74) is 0. The van der Waals surface area contributed by atoms with Crippen LogP contribution in [0.25, 0.3) is 0 Å². The van der Waals surface area contributed by atoms with Crippen molar-refractivity contribution >= 4 is 0 Å². The molecule has 0 saturated carbocycles. The first-order chi connectivity index (χ1) is 8.11. The molecule has 1 aliphatic heterocycles. The van der Waals surface area contributed by atoms with E-state index < -0.39 is 37.3 Å². The van der Waals surface area contributed by atoms with Crippen LogP contribution in [0.2, 0.25) is 0 Å². The van der Waals surface area contributed by atoms with E-state index in [0.29, 0.717) is 0 Å². The van der Waals surface area contributed by atoms with Gasteiger partial charge in [0.15, 0.2) is 6.29 Å². The van der Waals surface area contributed by atoms with E-state index in [1.165, 1.54) is 12.2 Å². The molecule has 5 atom stereocenters. The molecule has 1 aliphatic rings. The summed E-state index contributed by atoms with van der Waals surface area (Å²) in [6, 6.07) is 1.76. The monoisotopic (exact) mass is 245 g/mol. The first-order valence-corrected chi connectivity index (χ1v) is 5.08. The minimum absolute atomic E-state index is 0.0102. The van der Waals surface area contributed by atoms with Gasteiger partial charge in [0.05, 0.1) is 19.3 Å². The number of nitriles is 1. The van der Waals surface area contributed by atoms with Crippen molar-refractivity contribution in [2.75, 3.05) is 13.2 Å². The van der Waals surface area contributed by atoms with Crippen molar-refractivity contribution in [2.24, 2.45) is 0 Å². The third kappa shape index (κ3) is 3.47. The predicted octanol–water partition coefficient (Wildman–Crippen LogP) is -2.12. The Bertz CT molecular complexity index is 300. The van der Waals surface area contributed by atoms with Crippen LogP contribution in [0.3, 0.4) is 0 Å². The molecule has 1 heterocycles. The zero-order chi connectivity index (χ0) is 12.8. The maximum atomic E-state index is 9.55. The van der Waals surface area contributed by atoms with Gasteiger partial charge in [-0.25, -0.2) is 0 Å². The molecule has 1 rings (SSSR count). The summed E-state index contributed by atoms with van der Waals surface area (Å²) in [6.07, 6.45) is -3.81. The fourth-order valence-electron chi connectivity index (χ4n) is 1.46. The van der Waals surface area contributed by atoms with E-state index in [9.17, 15) is 15.3 Å². The number of aliphatic hydroxyl groups is 4. The topological polar surface area (TPSA) is 123 Å². The number of aliphatic hydroxyl groups excluding tert-OH is 4. The molecule has 1 fully saturated rings. The molecule has 96 valence electrons. The molecule has 0 aromatic rings. The van der Waals surface area contributed by atoms with Crippen molar-refractivity contribution in [2.45, 2.75) is 30.7 Å². The summed E-state index contributed by atoms with van der Waals surface area (Å²) in [4.78, 5) is 0. The van der Waals surface area contributed by atoms with E-state index in [1.807, 2.05) is 0 Å². The SMILES string of the molecule is N#C/C=C\CO[C@@H]1O[C@H](CO)[C@H](O)[C@H](O)[C@H]1O. The Hall–Kier alpha value is -1.01. The van der Waals surface area contributed by atoms with Gasteiger partial charge in [-0.1, -0.05) is 0 Å². The highest BCUT2D eigenvalue weighted by Crippen LogP contribution is 2.21. The molecule has 0 amide bonds. The third-order valence-electron chi connectivity index (χ3n) is 2.40. The average molecular weight is 245 g/mol. The lowest BCUT2D eigenvalue weighted by molar-refractivity contribution is -0.298. The Balaban J connectivity index is 2.54. The minimum atomic E-state index is -1.45. The second-order valence-corrected chi connectivity index (χ2v) is 3.56. The van der Waals surface area contributed by atoms with Gasteiger partial charge in [0, 0.05) is 6.08 Å². The average Bonchev–Trinajstić information content (AvgIpc) is 2.34. The number of nitrogens with zero attached hydrogens (tertiary/aromatic N) is 1. The normalized spacial score (nSPS) is 38.2. The van der Waals surface area contributed by atoms with Gasteiger partial charge in [-0.15, -0.1) is 0 Å². The van der Waals surface area contributed by atoms with Gasteiger partial charge >= 0.3 is 0 Å². The van der Waals surface area contributed by atoms with Crippen molar-refractivity contribution < 1.29 is 29.9 Å². The lowest BCUT2D eigenvalue weighted by atomic mass is 9.99. The Morgan fingerprint density at radius 2 is 1.94 bits per heavy atom. The van der Waals surface area contributed by atoms with Crippen molar-refractivity contribution in [3.05, 3.63) is 12.2 Å². The lowest BCUT2D eigenvalue weighted by Gasteiger charge is -2.39. The highest BCUT2D eigenvalue weighted by Gasteiger charge is 2.43. The van der Waals surface area contributed by atoms with Gasteiger partial charge in [0.2, 0.25) is 0 Å². The molecule has 1 saturated heterocycles. The van der Waals surface area contributed by atoms with E-state index in [1.54, 1.807) is 6.07 Å². The van der Waals surface area contributed by atoms with Crippen molar-refractivity contribution in [1.29, 1.82) is 5.26 Å². The third-order valence-corrected chi connectivity index (χ3v) is 2.40. The van der Waals surface area contributed by atoms with Crippen molar-refractivity contribution in [3.63, 3.8) is 0 Å². The molecular weight excluding hydrogens is 230 g/mol. The largest absolute Gasteiger partial charge is 0.394 e. The molecular formula is C10H15NO6. The van der Waals surface area contributed by atoms with E-state index in [2.05, 4.69) is 0 Å². The Morgan fingerprint density at radius 3 is 2.53 bits per heavy atom. The van der Waals surface area contributed by atoms with Gasteiger partial charge in [-0.2, -0.15) is 5.26 Å². The molecule has 7 nitrogen and oxygen atoms in total. The summed E-state index contributed by atoms with van der Waals surface area (Å²) in [5, 5.41) is 45.6. The fraction of sp³-hybridized carbons (Fsp3) is 0.700. The smallest absolute Gasteiger partial charge is 0.187 e. The first-order valence-electron chi connectivity index (χ1n) is 5.08. The van der Waals surface area contributed by atoms with Crippen LogP contribution in [0.4, 0.5) is 0 Å². The second-order valence-electron chi connectivity index (χ2n) is 3.56. The Morgan fingerprint density at radius 1 is 1.24 bits per heavy atom. The summed E-state index contributed by atoms with van der Waals surface area (Å²) in [7, 11) is 0. The van der Waals surface area contributed by atoms with Gasteiger partial charge in [0.25, 0.3) is 0 Å². The molecule has 0 aromatic carbocycles. The summed E-state index contributed by atoms with van der Waals surface area (Å²) in [5.74, 6) is 0. The second kappa shape index (κ2) is 6.66. The van der Waals surface area contributed by atoms with Crippen molar-refractivity contribution in [3.8, 4) is 6.07 Å². The standard InChI is InChI=1S/C10H15NO6/c11-3-1-2-4-16-10-9(15)8(14)7(13)6(5-12)17-10/h1-2,6-10,12-15H,4-5H2/b2-1-/t6-,7+,8+,9-,10-/m1/s1. The lowest BCUT2D eigenvalue weighted by Crippen LogP contribution is -2.59. The fourth-order valence-corrected chi connectivity index (χ4v) is 1.46. The van der Waals surface area contributed by atoms with Crippen LogP contribution in [-0.2, 0) is 9.47 Å². The number of allylic oxidation sites excluding steroid dienone is 1. The molecule has 0 aromatic heterocycles. The molecule has 0 radical (unpaired) electrons. The van der Waals surface area contributed by atoms with E-state index in [4.69, 9.17) is 19.8 Å². The Kier molecular flexibility index (Phi) is 5.50.